The zero-order chi connectivity index (χ0) is 20.9. The van der Waals surface area contributed by atoms with Gasteiger partial charge in [-0.2, -0.15) is 13.2 Å². The number of ether oxygens (including phenoxy) is 2. The Kier molecular flexibility index (Phi) is 6.41. The molecule has 0 saturated carbocycles. The van der Waals surface area contributed by atoms with Gasteiger partial charge in [-0.15, -0.1) is 0 Å². The minimum atomic E-state index is -4.42. The third kappa shape index (κ3) is 5.49. The second-order valence-electron chi connectivity index (χ2n) is 6.69. The van der Waals surface area contributed by atoms with Gasteiger partial charge >= 0.3 is 18.2 Å². The molecule has 0 radical (unpaired) electrons. The van der Waals surface area contributed by atoms with Crippen LogP contribution in [0.1, 0.15) is 29.5 Å². The van der Waals surface area contributed by atoms with E-state index in [2.05, 4.69) is 0 Å². The summed E-state index contributed by atoms with van der Waals surface area (Å²) in [5, 5.41) is 0. The van der Waals surface area contributed by atoms with Crippen LogP contribution >= 0.6 is 0 Å². The van der Waals surface area contributed by atoms with Crippen molar-refractivity contribution in [3.63, 3.8) is 0 Å². The van der Waals surface area contributed by atoms with Crippen molar-refractivity contribution in [2.24, 2.45) is 0 Å². The number of amides is 1. The van der Waals surface area contributed by atoms with Gasteiger partial charge in [-0.3, -0.25) is 4.90 Å². The number of esters is 1. The first-order valence-corrected chi connectivity index (χ1v) is 9.14. The molecule has 29 heavy (non-hydrogen) atoms. The predicted molar refractivity (Wildman–Crippen MR) is 97.6 cm³/mol. The molecule has 0 spiro atoms. The van der Waals surface area contributed by atoms with Crippen LogP contribution in [0.15, 0.2) is 54.6 Å². The van der Waals surface area contributed by atoms with Crippen LogP contribution in [0.25, 0.3) is 0 Å². The van der Waals surface area contributed by atoms with Gasteiger partial charge in [-0.1, -0.05) is 42.5 Å². The number of rotatable bonds is 5. The number of carbonyl (C=O) groups excluding carboxylic acids is 2. The lowest BCUT2D eigenvalue weighted by molar-refractivity contribution is -0.149. The highest BCUT2D eigenvalue weighted by Gasteiger charge is 2.36. The molecular formula is C21H20F3NO4. The minimum Gasteiger partial charge on any atom is -0.459 e. The average molecular weight is 407 g/mol. The number of hydrogen-bond donors (Lipinski definition) is 0. The first kappa shape index (κ1) is 20.7. The second kappa shape index (κ2) is 8.98. The fourth-order valence-electron chi connectivity index (χ4n) is 3.07. The maximum atomic E-state index is 12.6. The maximum Gasteiger partial charge on any atom is 0.416 e. The number of carbonyl (C=O) groups is 2. The zero-order valence-corrected chi connectivity index (χ0v) is 15.5. The molecule has 0 bridgehead atoms. The fourth-order valence-corrected chi connectivity index (χ4v) is 3.07. The van der Waals surface area contributed by atoms with E-state index in [0.29, 0.717) is 24.9 Å². The molecule has 2 aromatic carbocycles. The quantitative estimate of drug-likeness (QED) is 0.683. The summed E-state index contributed by atoms with van der Waals surface area (Å²) in [5.41, 5.74) is 0.498. The van der Waals surface area contributed by atoms with Crippen LogP contribution in [-0.4, -0.2) is 29.5 Å². The molecule has 1 saturated heterocycles. The van der Waals surface area contributed by atoms with E-state index in [1.165, 1.54) is 17.0 Å². The van der Waals surface area contributed by atoms with Crippen LogP contribution in [0.4, 0.5) is 18.0 Å². The molecule has 1 aliphatic heterocycles. The van der Waals surface area contributed by atoms with Crippen LogP contribution in [0.2, 0.25) is 0 Å². The fraction of sp³-hybridized carbons (Fsp3) is 0.333. The number of alkyl halides is 3. The van der Waals surface area contributed by atoms with Crippen molar-refractivity contribution in [3.05, 3.63) is 71.3 Å². The van der Waals surface area contributed by atoms with Crippen molar-refractivity contribution in [1.82, 2.24) is 4.90 Å². The lowest BCUT2D eigenvalue weighted by Gasteiger charge is -2.22. The average Bonchev–Trinajstić information content (AvgIpc) is 3.21. The minimum absolute atomic E-state index is 0.116. The van der Waals surface area contributed by atoms with Crippen molar-refractivity contribution < 1.29 is 32.2 Å². The van der Waals surface area contributed by atoms with Crippen molar-refractivity contribution in [3.8, 4) is 0 Å². The van der Waals surface area contributed by atoms with Crippen molar-refractivity contribution >= 4 is 12.1 Å². The van der Waals surface area contributed by atoms with Gasteiger partial charge in [0.2, 0.25) is 0 Å². The van der Waals surface area contributed by atoms with Crippen molar-refractivity contribution in [2.45, 2.75) is 38.3 Å². The molecule has 3 rings (SSSR count). The van der Waals surface area contributed by atoms with Crippen LogP contribution < -0.4 is 0 Å². The van der Waals surface area contributed by atoms with E-state index in [9.17, 15) is 22.8 Å². The van der Waals surface area contributed by atoms with Gasteiger partial charge in [0, 0.05) is 6.54 Å². The SMILES string of the molecule is O=C(OCc1ccccc1)[C@@H]1CCCN1C(=O)OCc1ccc(C(F)(F)F)cc1. The highest BCUT2D eigenvalue weighted by atomic mass is 19.4. The molecule has 0 N–H and O–H groups in total. The lowest BCUT2D eigenvalue weighted by atomic mass is 10.1. The summed E-state index contributed by atoms with van der Waals surface area (Å²) >= 11 is 0. The Labute approximate surface area is 166 Å². The topological polar surface area (TPSA) is 55.8 Å². The molecule has 5 nitrogen and oxygen atoms in total. The van der Waals surface area contributed by atoms with Crippen LogP contribution in [-0.2, 0) is 33.7 Å². The summed E-state index contributed by atoms with van der Waals surface area (Å²) in [4.78, 5) is 26.0. The molecular weight excluding hydrogens is 387 g/mol. The maximum absolute atomic E-state index is 12.6. The molecule has 0 aliphatic carbocycles. The highest BCUT2D eigenvalue weighted by molar-refractivity contribution is 5.82. The van der Waals surface area contributed by atoms with E-state index >= 15 is 0 Å². The lowest BCUT2D eigenvalue weighted by Crippen LogP contribution is -2.41. The zero-order valence-electron chi connectivity index (χ0n) is 15.5. The largest absolute Gasteiger partial charge is 0.459 e. The van der Waals surface area contributed by atoms with Crippen LogP contribution in [0, 0.1) is 0 Å². The molecule has 0 aromatic heterocycles. The number of hydrogen-bond acceptors (Lipinski definition) is 4. The third-order valence-electron chi connectivity index (χ3n) is 4.63. The van der Waals surface area contributed by atoms with E-state index in [4.69, 9.17) is 9.47 Å². The van der Waals surface area contributed by atoms with Gasteiger partial charge in [-0.05, 0) is 36.1 Å². The van der Waals surface area contributed by atoms with Gasteiger partial charge in [0.15, 0.2) is 0 Å². The molecule has 1 fully saturated rings. The van der Waals surface area contributed by atoms with Crippen molar-refractivity contribution in [1.29, 1.82) is 0 Å². The number of likely N-dealkylation sites (tertiary alicyclic amines) is 1. The Balaban J connectivity index is 1.52. The van der Waals surface area contributed by atoms with E-state index in [-0.39, 0.29) is 13.2 Å². The number of benzene rings is 2. The first-order valence-electron chi connectivity index (χ1n) is 9.14. The summed E-state index contributed by atoms with van der Waals surface area (Å²) in [5.74, 6) is -0.502. The third-order valence-corrected chi connectivity index (χ3v) is 4.63. The summed E-state index contributed by atoms with van der Waals surface area (Å²) in [6, 6.07) is 12.8. The molecule has 8 heteroatoms. The highest BCUT2D eigenvalue weighted by Crippen LogP contribution is 2.29. The van der Waals surface area contributed by atoms with Gasteiger partial charge in [0.1, 0.15) is 19.3 Å². The second-order valence-corrected chi connectivity index (χ2v) is 6.69. The van der Waals surface area contributed by atoms with Gasteiger partial charge < -0.3 is 9.47 Å². The molecule has 2 aromatic rings. The van der Waals surface area contributed by atoms with Gasteiger partial charge in [0.25, 0.3) is 0 Å². The van der Waals surface area contributed by atoms with Crippen LogP contribution in [0.5, 0.6) is 0 Å². The molecule has 1 aliphatic rings. The number of halogens is 3. The monoisotopic (exact) mass is 407 g/mol. The van der Waals surface area contributed by atoms with E-state index in [0.717, 1.165) is 17.7 Å². The Morgan fingerprint density at radius 3 is 2.21 bits per heavy atom. The Hall–Kier alpha value is -3.03. The smallest absolute Gasteiger partial charge is 0.416 e. The molecule has 1 atom stereocenters. The first-order chi connectivity index (χ1) is 13.8. The van der Waals surface area contributed by atoms with E-state index < -0.39 is 29.8 Å². The summed E-state index contributed by atoms with van der Waals surface area (Å²) in [6.07, 6.45) is -3.99. The predicted octanol–water partition coefficient (Wildman–Crippen LogP) is 4.55. The number of nitrogens with zero attached hydrogens (tertiary/aromatic N) is 1. The van der Waals surface area contributed by atoms with Gasteiger partial charge in [0.05, 0.1) is 5.56 Å². The normalized spacial score (nSPS) is 16.5. The summed E-state index contributed by atoms with van der Waals surface area (Å²) < 4.78 is 48.3. The van der Waals surface area contributed by atoms with Crippen LogP contribution in [0.3, 0.4) is 0 Å². The van der Waals surface area contributed by atoms with Gasteiger partial charge in [-0.25, -0.2) is 9.59 Å². The van der Waals surface area contributed by atoms with Crippen molar-refractivity contribution in [2.75, 3.05) is 6.54 Å². The Morgan fingerprint density at radius 2 is 1.55 bits per heavy atom. The molecule has 0 unspecified atom stereocenters. The molecule has 1 heterocycles. The summed E-state index contributed by atoms with van der Waals surface area (Å²) in [7, 11) is 0. The summed E-state index contributed by atoms with van der Waals surface area (Å²) in [6.45, 7) is 0.292. The Bertz CT molecular complexity index is 837. The molecule has 1 amide bonds. The van der Waals surface area contributed by atoms with E-state index in [1.54, 1.807) is 0 Å². The molecule has 154 valence electrons. The Morgan fingerprint density at radius 1 is 0.931 bits per heavy atom. The standard InChI is InChI=1S/C21H20F3NO4/c22-21(23,24)17-10-8-16(9-11-17)14-29-20(27)25-12-4-7-18(25)19(26)28-13-15-5-2-1-3-6-15/h1-3,5-6,8-11,18H,4,7,12-14H2/t18-/m0/s1. The van der Waals surface area contributed by atoms with E-state index in [1.807, 2.05) is 30.3 Å².